The Bertz CT molecular complexity index is 1010. The summed E-state index contributed by atoms with van der Waals surface area (Å²) in [5, 5.41) is 7.80. The molecule has 0 atom stereocenters. The Morgan fingerprint density at radius 1 is 1.14 bits per heavy atom. The normalized spacial score (nSPS) is 15.3. The lowest BCUT2D eigenvalue weighted by Crippen LogP contribution is -2.50. The molecule has 1 aromatic heterocycles. The van der Waals surface area contributed by atoms with Crippen LogP contribution in [0.5, 0.6) is 0 Å². The van der Waals surface area contributed by atoms with Crippen LogP contribution in [0.2, 0.25) is 5.02 Å². The average molecular weight is 441 g/mol. The summed E-state index contributed by atoms with van der Waals surface area (Å²) < 4.78 is 28.2. The van der Waals surface area contributed by atoms with Crippen molar-refractivity contribution in [3.8, 4) is 0 Å². The number of benzene rings is 1. The number of amides is 2. The van der Waals surface area contributed by atoms with E-state index in [2.05, 4.69) is 10.3 Å². The van der Waals surface area contributed by atoms with Crippen LogP contribution in [0.4, 0.5) is 0 Å². The minimum Gasteiger partial charge on any atom is -0.347 e. The number of piperazine rings is 1. The van der Waals surface area contributed by atoms with Crippen LogP contribution in [0, 0.1) is 0 Å². The van der Waals surface area contributed by atoms with Gasteiger partial charge in [0.15, 0.2) is 5.69 Å². The molecular formula is C17H21ClN6O4S. The van der Waals surface area contributed by atoms with E-state index in [1.807, 2.05) is 0 Å². The van der Waals surface area contributed by atoms with E-state index in [9.17, 15) is 18.0 Å². The number of nitrogens with zero attached hydrogens (tertiary/aromatic N) is 6. The quantitative estimate of drug-likeness (QED) is 0.655. The topological polar surface area (TPSA) is 109 Å². The van der Waals surface area contributed by atoms with E-state index in [0.29, 0.717) is 0 Å². The summed E-state index contributed by atoms with van der Waals surface area (Å²) in [7, 11) is -0.482. The summed E-state index contributed by atoms with van der Waals surface area (Å²) in [4.78, 5) is 27.4. The van der Waals surface area contributed by atoms with Crippen molar-refractivity contribution < 1.29 is 18.0 Å². The molecule has 1 aromatic carbocycles. The van der Waals surface area contributed by atoms with Gasteiger partial charge in [-0.3, -0.25) is 9.59 Å². The van der Waals surface area contributed by atoms with Gasteiger partial charge in [-0.1, -0.05) is 28.9 Å². The Labute approximate surface area is 173 Å². The van der Waals surface area contributed by atoms with Crippen molar-refractivity contribution in [3.05, 3.63) is 41.2 Å². The van der Waals surface area contributed by atoms with Crippen LogP contribution in [0.1, 0.15) is 10.5 Å². The Morgan fingerprint density at radius 3 is 2.41 bits per heavy atom. The molecule has 29 heavy (non-hydrogen) atoms. The first-order valence-electron chi connectivity index (χ1n) is 8.84. The molecule has 0 spiro atoms. The van der Waals surface area contributed by atoms with Crippen molar-refractivity contribution in [3.63, 3.8) is 0 Å². The highest BCUT2D eigenvalue weighted by Crippen LogP contribution is 2.25. The van der Waals surface area contributed by atoms with E-state index in [4.69, 9.17) is 11.6 Å². The predicted molar refractivity (Wildman–Crippen MR) is 105 cm³/mol. The SMILES string of the molecule is CN(C)C(=O)Cn1cc(C(=O)N2CCN(S(=O)(=O)c3ccccc3Cl)CC2)nn1. The summed E-state index contributed by atoms with van der Waals surface area (Å²) >= 11 is 6.03. The number of sulfonamides is 1. The van der Waals surface area contributed by atoms with Gasteiger partial charge in [-0.2, -0.15) is 4.31 Å². The van der Waals surface area contributed by atoms with Crippen LogP contribution in [-0.2, 0) is 21.4 Å². The monoisotopic (exact) mass is 440 g/mol. The average Bonchev–Trinajstić information content (AvgIpc) is 3.16. The highest BCUT2D eigenvalue weighted by Gasteiger charge is 2.32. The zero-order valence-electron chi connectivity index (χ0n) is 16.0. The van der Waals surface area contributed by atoms with E-state index in [1.54, 1.807) is 26.2 Å². The van der Waals surface area contributed by atoms with Gasteiger partial charge in [-0.05, 0) is 12.1 Å². The van der Waals surface area contributed by atoms with Gasteiger partial charge >= 0.3 is 0 Å². The number of rotatable bonds is 5. The third-order valence-electron chi connectivity index (χ3n) is 4.53. The standard InChI is InChI=1S/C17H21ClN6O4S/c1-21(2)16(25)12-23-11-14(19-20-23)17(26)22-7-9-24(10-8-22)29(27,28)15-6-4-3-5-13(15)18/h3-6,11H,7-10,12H2,1-2H3. The van der Waals surface area contributed by atoms with Crippen molar-refractivity contribution in [2.24, 2.45) is 0 Å². The van der Waals surface area contributed by atoms with E-state index in [-0.39, 0.29) is 60.2 Å². The molecular weight excluding hydrogens is 420 g/mol. The lowest BCUT2D eigenvalue weighted by Gasteiger charge is -2.33. The van der Waals surface area contributed by atoms with Crippen LogP contribution in [0.15, 0.2) is 35.4 Å². The summed E-state index contributed by atoms with van der Waals surface area (Å²) in [6.07, 6.45) is 1.41. The third kappa shape index (κ3) is 4.57. The lowest BCUT2D eigenvalue weighted by atomic mass is 10.3. The number of carbonyl (C=O) groups excluding carboxylic acids is 2. The van der Waals surface area contributed by atoms with Crippen molar-refractivity contribution in [2.45, 2.75) is 11.4 Å². The van der Waals surface area contributed by atoms with Gasteiger partial charge in [-0.25, -0.2) is 13.1 Å². The molecule has 2 amide bonds. The summed E-state index contributed by atoms with van der Waals surface area (Å²) in [6, 6.07) is 6.27. The molecule has 156 valence electrons. The number of hydrogen-bond acceptors (Lipinski definition) is 6. The molecule has 0 bridgehead atoms. The first kappa shape index (κ1) is 21.2. The summed E-state index contributed by atoms with van der Waals surface area (Å²) in [5.41, 5.74) is 0.110. The molecule has 0 unspecified atom stereocenters. The fraction of sp³-hybridized carbons (Fsp3) is 0.412. The molecule has 0 radical (unpaired) electrons. The van der Waals surface area contributed by atoms with Crippen LogP contribution >= 0.6 is 11.6 Å². The maximum Gasteiger partial charge on any atom is 0.276 e. The first-order valence-corrected chi connectivity index (χ1v) is 10.7. The highest BCUT2D eigenvalue weighted by atomic mass is 35.5. The number of carbonyl (C=O) groups is 2. The van der Waals surface area contributed by atoms with Crippen LogP contribution in [-0.4, -0.2) is 89.6 Å². The fourth-order valence-corrected chi connectivity index (χ4v) is 4.76. The molecule has 10 nitrogen and oxygen atoms in total. The minimum atomic E-state index is -3.73. The molecule has 1 aliphatic heterocycles. The molecule has 3 rings (SSSR count). The van der Waals surface area contributed by atoms with E-state index < -0.39 is 10.0 Å². The second-order valence-electron chi connectivity index (χ2n) is 6.72. The van der Waals surface area contributed by atoms with Gasteiger partial charge < -0.3 is 9.80 Å². The van der Waals surface area contributed by atoms with Gasteiger partial charge in [0.2, 0.25) is 15.9 Å². The number of hydrogen-bond donors (Lipinski definition) is 0. The molecule has 1 fully saturated rings. The van der Waals surface area contributed by atoms with Crippen molar-refractivity contribution >= 4 is 33.4 Å². The smallest absolute Gasteiger partial charge is 0.276 e. The van der Waals surface area contributed by atoms with Gasteiger partial charge in [0.05, 0.1) is 11.2 Å². The zero-order chi connectivity index (χ0) is 21.2. The van der Waals surface area contributed by atoms with Gasteiger partial charge in [0.25, 0.3) is 5.91 Å². The maximum atomic E-state index is 12.8. The fourth-order valence-electron chi connectivity index (χ4n) is 2.84. The van der Waals surface area contributed by atoms with Gasteiger partial charge in [0, 0.05) is 40.3 Å². The molecule has 1 saturated heterocycles. The molecule has 2 heterocycles. The van der Waals surface area contributed by atoms with Crippen molar-refractivity contribution in [1.82, 2.24) is 29.1 Å². The Balaban J connectivity index is 1.64. The van der Waals surface area contributed by atoms with Crippen molar-refractivity contribution in [2.75, 3.05) is 40.3 Å². The largest absolute Gasteiger partial charge is 0.347 e. The Kier molecular flexibility index (Phi) is 6.20. The highest BCUT2D eigenvalue weighted by molar-refractivity contribution is 7.89. The van der Waals surface area contributed by atoms with Crippen molar-refractivity contribution in [1.29, 1.82) is 0 Å². The molecule has 12 heteroatoms. The lowest BCUT2D eigenvalue weighted by molar-refractivity contribution is -0.129. The summed E-state index contributed by atoms with van der Waals surface area (Å²) in [6.45, 7) is 0.703. The molecule has 2 aromatic rings. The second kappa shape index (κ2) is 8.47. The summed E-state index contributed by atoms with van der Waals surface area (Å²) in [5.74, 6) is -0.532. The Morgan fingerprint density at radius 2 is 1.79 bits per heavy atom. The molecule has 0 aliphatic carbocycles. The van der Waals surface area contributed by atoms with Gasteiger partial charge in [0.1, 0.15) is 11.4 Å². The number of likely N-dealkylation sites (N-methyl/N-ethyl adjacent to an activating group) is 1. The Hall–Kier alpha value is -2.50. The second-order valence-corrected chi connectivity index (χ2v) is 9.03. The van der Waals surface area contributed by atoms with E-state index in [0.717, 1.165) is 0 Å². The van der Waals surface area contributed by atoms with Crippen LogP contribution < -0.4 is 0 Å². The van der Waals surface area contributed by atoms with Gasteiger partial charge in [-0.15, -0.1) is 5.10 Å². The van der Waals surface area contributed by atoms with E-state index >= 15 is 0 Å². The predicted octanol–water partition coefficient (Wildman–Crippen LogP) is 0.166. The first-order chi connectivity index (χ1) is 13.7. The third-order valence-corrected chi connectivity index (χ3v) is 6.93. The number of aromatic nitrogens is 3. The maximum absolute atomic E-state index is 12.8. The molecule has 0 N–H and O–H groups in total. The molecule has 0 saturated carbocycles. The van der Waals surface area contributed by atoms with Crippen LogP contribution in [0.3, 0.4) is 0 Å². The van der Waals surface area contributed by atoms with Crippen LogP contribution in [0.25, 0.3) is 0 Å². The number of halogens is 1. The zero-order valence-corrected chi connectivity index (χ0v) is 17.6. The van der Waals surface area contributed by atoms with E-state index in [1.165, 1.54) is 37.1 Å². The minimum absolute atomic E-state index is 0.0167. The molecule has 1 aliphatic rings.